The predicted octanol–water partition coefficient (Wildman–Crippen LogP) is 1.28. The number of hydrogen-bond donors (Lipinski definition) is 1. The van der Waals surface area contributed by atoms with Crippen LogP contribution in [-0.2, 0) is 14.3 Å². The molecule has 0 atom stereocenters. The molecule has 14 heavy (non-hydrogen) atoms. The molecule has 1 aliphatic heterocycles. The second-order valence-corrected chi connectivity index (χ2v) is 2.97. The van der Waals surface area contributed by atoms with Gasteiger partial charge in [-0.15, -0.1) is 0 Å². The van der Waals surface area contributed by atoms with Gasteiger partial charge in [0.2, 0.25) is 5.78 Å². The van der Waals surface area contributed by atoms with E-state index >= 15 is 0 Å². The number of aliphatic carboxylic acids is 1. The van der Waals surface area contributed by atoms with Crippen molar-refractivity contribution < 1.29 is 19.4 Å². The van der Waals surface area contributed by atoms with Gasteiger partial charge in [0.25, 0.3) is 0 Å². The van der Waals surface area contributed by atoms with Crippen molar-refractivity contribution in [2.24, 2.45) is 0 Å². The maximum Gasteiger partial charge on any atom is 0.328 e. The summed E-state index contributed by atoms with van der Waals surface area (Å²) in [6.07, 6.45) is 3.80. The standard InChI is InChI=1S/C10H12O4/c1-2-3-9-7(4-5-10(12)13)8(11)6-14-9/h4-5H,2-3,6H2,1H3,(H,12,13)/b5-4+. The third kappa shape index (κ3) is 2.45. The van der Waals surface area contributed by atoms with Crippen molar-refractivity contribution in [1.82, 2.24) is 0 Å². The first-order valence-electron chi connectivity index (χ1n) is 4.45. The van der Waals surface area contributed by atoms with E-state index in [0.29, 0.717) is 17.8 Å². The Kier molecular flexibility index (Phi) is 3.45. The van der Waals surface area contributed by atoms with Crippen LogP contribution in [0.4, 0.5) is 0 Å². The highest BCUT2D eigenvalue weighted by Gasteiger charge is 2.21. The summed E-state index contributed by atoms with van der Waals surface area (Å²) in [6, 6.07) is 0. The SMILES string of the molecule is CCCC1=C(/C=C/C(=O)O)C(=O)CO1. The van der Waals surface area contributed by atoms with Crippen LogP contribution >= 0.6 is 0 Å². The third-order valence-electron chi connectivity index (χ3n) is 1.85. The first-order chi connectivity index (χ1) is 6.65. The molecule has 1 aliphatic rings. The van der Waals surface area contributed by atoms with Crippen LogP contribution in [-0.4, -0.2) is 23.5 Å². The molecule has 4 heteroatoms. The molecule has 0 spiro atoms. The molecule has 0 aliphatic carbocycles. The fraction of sp³-hybridized carbons (Fsp3) is 0.400. The second-order valence-electron chi connectivity index (χ2n) is 2.97. The summed E-state index contributed by atoms with van der Waals surface area (Å²) in [5.41, 5.74) is 0.397. The zero-order valence-corrected chi connectivity index (χ0v) is 7.95. The molecule has 0 radical (unpaired) electrons. The number of carboxylic acid groups (broad SMARTS) is 1. The fourth-order valence-corrected chi connectivity index (χ4v) is 1.24. The van der Waals surface area contributed by atoms with Crippen molar-refractivity contribution in [3.8, 4) is 0 Å². The molecule has 76 valence electrons. The Morgan fingerprint density at radius 2 is 2.36 bits per heavy atom. The Labute approximate surface area is 81.9 Å². The maximum absolute atomic E-state index is 11.2. The van der Waals surface area contributed by atoms with Crippen LogP contribution in [0.1, 0.15) is 19.8 Å². The van der Waals surface area contributed by atoms with Gasteiger partial charge in [0.1, 0.15) is 5.76 Å². The van der Waals surface area contributed by atoms with Crippen LogP contribution in [0.5, 0.6) is 0 Å². The van der Waals surface area contributed by atoms with E-state index in [4.69, 9.17) is 9.84 Å². The topological polar surface area (TPSA) is 63.6 Å². The molecule has 0 aromatic rings. The van der Waals surface area contributed by atoms with E-state index in [1.54, 1.807) is 0 Å². The summed E-state index contributed by atoms with van der Waals surface area (Å²) in [5, 5.41) is 8.41. The first kappa shape index (κ1) is 10.5. The number of Topliss-reactive ketones (excluding diaryl/α,β-unsaturated/α-hetero) is 1. The Balaban J connectivity index is 2.83. The normalized spacial score (nSPS) is 16.5. The highest BCUT2D eigenvalue weighted by Crippen LogP contribution is 2.21. The molecule has 0 amide bonds. The van der Waals surface area contributed by atoms with Crippen LogP contribution in [0.2, 0.25) is 0 Å². The molecular formula is C10H12O4. The summed E-state index contributed by atoms with van der Waals surface area (Å²) in [5.74, 6) is -0.603. The summed E-state index contributed by atoms with van der Waals surface area (Å²) >= 11 is 0. The van der Waals surface area contributed by atoms with E-state index in [1.807, 2.05) is 6.92 Å². The largest absolute Gasteiger partial charge is 0.489 e. The molecule has 0 aromatic carbocycles. The van der Waals surface area contributed by atoms with Gasteiger partial charge in [-0.25, -0.2) is 4.79 Å². The van der Waals surface area contributed by atoms with Gasteiger partial charge in [-0.2, -0.15) is 0 Å². The molecule has 0 aromatic heterocycles. The smallest absolute Gasteiger partial charge is 0.328 e. The molecule has 0 bridgehead atoms. The Morgan fingerprint density at radius 1 is 1.64 bits per heavy atom. The number of hydrogen-bond acceptors (Lipinski definition) is 3. The van der Waals surface area contributed by atoms with Gasteiger partial charge in [-0.05, 0) is 12.5 Å². The molecule has 0 fully saturated rings. The van der Waals surface area contributed by atoms with Gasteiger partial charge >= 0.3 is 5.97 Å². The molecule has 0 unspecified atom stereocenters. The number of rotatable bonds is 4. The van der Waals surface area contributed by atoms with Crippen molar-refractivity contribution in [1.29, 1.82) is 0 Å². The number of carbonyl (C=O) groups excluding carboxylic acids is 1. The third-order valence-corrected chi connectivity index (χ3v) is 1.85. The number of ether oxygens (including phenoxy) is 1. The van der Waals surface area contributed by atoms with E-state index in [-0.39, 0.29) is 12.4 Å². The van der Waals surface area contributed by atoms with Gasteiger partial charge < -0.3 is 9.84 Å². The highest BCUT2D eigenvalue weighted by molar-refractivity contribution is 6.02. The number of allylic oxidation sites excluding steroid dienone is 2. The van der Waals surface area contributed by atoms with Gasteiger partial charge in [0.05, 0.1) is 5.57 Å². The monoisotopic (exact) mass is 196 g/mol. The minimum atomic E-state index is -1.06. The molecule has 0 saturated heterocycles. The van der Waals surface area contributed by atoms with Crippen molar-refractivity contribution >= 4 is 11.8 Å². The van der Waals surface area contributed by atoms with E-state index in [2.05, 4.69) is 0 Å². The Bertz CT molecular complexity index is 312. The van der Waals surface area contributed by atoms with Gasteiger partial charge in [0, 0.05) is 12.5 Å². The zero-order valence-electron chi connectivity index (χ0n) is 7.95. The average molecular weight is 196 g/mol. The van der Waals surface area contributed by atoms with Gasteiger partial charge in [-0.1, -0.05) is 6.92 Å². The van der Waals surface area contributed by atoms with Crippen molar-refractivity contribution in [2.45, 2.75) is 19.8 Å². The fourth-order valence-electron chi connectivity index (χ4n) is 1.24. The minimum Gasteiger partial charge on any atom is -0.489 e. The first-order valence-corrected chi connectivity index (χ1v) is 4.45. The van der Waals surface area contributed by atoms with Crippen molar-refractivity contribution in [3.63, 3.8) is 0 Å². The lowest BCUT2D eigenvalue weighted by atomic mass is 10.1. The minimum absolute atomic E-state index is 0.0363. The van der Waals surface area contributed by atoms with Crippen LogP contribution in [0.25, 0.3) is 0 Å². The number of carbonyl (C=O) groups is 2. The van der Waals surface area contributed by atoms with Crippen molar-refractivity contribution in [2.75, 3.05) is 6.61 Å². The lowest BCUT2D eigenvalue weighted by Gasteiger charge is -1.99. The van der Waals surface area contributed by atoms with Crippen molar-refractivity contribution in [3.05, 3.63) is 23.5 Å². The Morgan fingerprint density at radius 3 is 2.93 bits per heavy atom. The molecule has 1 N–H and O–H groups in total. The van der Waals surface area contributed by atoms with Crippen LogP contribution in [0.15, 0.2) is 23.5 Å². The molecule has 0 saturated carbocycles. The van der Waals surface area contributed by atoms with Crippen LogP contribution in [0, 0.1) is 0 Å². The van der Waals surface area contributed by atoms with E-state index in [0.717, 1.165) is 12.5 Å². The second kappa shape index (κ2) is 4.60. The summed E-state index contributed by atoms with van der Waals surface area (Å²) in [7, 11) is 0. The van der Waals surface area contributed by atoms with E-state index in [9.17, 15) is 9.59 Å². The molecule has 4 nitrogen and oxygen atoms in total. The van der Waals surface area contributed by atoms with Crippen LogP contribution < -0.4 is 0 Å². The zero-order chi connectivity index (χ0) is 10.6. The predicted molar refractivity (Wildman–Crippen MR) is 49.7 cm³/mol. The van der Waals surface area contributed by atoms with Gasteiger partial charge in [-0.3, -0.25) is 4.79 Å². The van der Waals surface area contributed by atoms with E-state index in [1.165, 1.54) is 6.08 Å². The maximum atomic E-state index is 11.2. The average Bonchev–Trinajstić information content (AvgIpc) is 2.45. The molecule has 1 heterocycles. The lowest BCUT2D eigenvalue weighted by molar-refractivity contribution is -0.131. The Hall–Kier alpha value is -1.58. The molecular weight excluding hydrogens is 184 g/mol. The number of ketones is 1. The summed E-state index contributed by atoms with van der Waals surface area (Å²) < 4.78 is 5.14. The summed E-state index contributed by atoms with van der Waals surface area (Å²) in [4.78, 5) is 21.5. The van der Waals surface area contributed by atoms with Gasteiger partial charge in [0.15, 0.2) is 6.61 Å². The number of carboxylic acids is 1. The highest BCUT2D eigenvalue weighted by atomic mass is 16.5. The molecule has 1 rings (SSSR count). The van der Waals surface area contributed by atoms with Crippen LogP contribution in [0.3, 0.4) is 0 Å². The quantitative estimate of drug-likeness (QED) is 0.688. The lowest BCUT2D eigenvalue weighted by Crippen LogP contribution is -1.99. The van der Waals surface area contributed by atoms with E-state index < -0.39 is 5.97 Å². The summed E-state index contributed by atoms with van der Waals surface area (Å²) in [6.45, 7) is 2.01.